The van der Waals surface area contributed by atoms with E-state index in [0.717, 1.165) is 20.2 Å². The van der Waals surface area contributed by atoms with Crippen LogP contribution in [0, 0.1) is 0 Å². The second-order valence-electron chi connectivity index (χ2n) is 5.57. The topological polar surface area (TPSA) is 42.0 Å². The van der Waals surface area contributed by atoms with Gasteiger partial charge in [0.05, 0.1) is 17.1 Å². The number of benzene rings is 1. The third-order valence-electron chi connectivity index (χ3n) is 2.73. The minimum Gasteiger partial charge on any atom is -0.324 e. The van der Waals surface area contributed by atoms with E-state index in [9.17, 15) is 4.79 Å². The second-order valence-corrected chi connectivity index (χ2v) is 8.50. The van der Waals surface area contributed by atoms with Gasteiger partial charge in [0, 0.05) is 15.3 Å². The SMILES string of the molecule is CC(C)(C)c1csc(SCC(=O)Nc2ccccc2Br)n1. The highest BCUT2D eigenvalue weighted by molar-refractivity contribution is 9.10. The van der Waals surface area contributed by atoms with Crippen LogP contribution in [0.2, 0.25) is 0 Å². The zero-order chi connectivity index (χ0) is 15.5. The van der Waals surface area contributed by atoms with Crippen LogP contribution in [0.1, 0.15) is 26.5 Å². The lowest BCUT2D eigenvalue weighted by Crippen LogP contribution is -2.14. The first-order chi connectivity index (χ1) is 9.86. The van der Waals surface area contributed by atoms with E-state index in [0.29, 0.717) is 5.75 Å². The van der Waals surface area contributed by atoms with Crippen molar-refractivity contribution < 1.29 is 4.79 Å². The molecule has 1 amide bonds. The summed E-state index contributed by atoms with van der Waals surface area (Å²) in [6.07, 6.45) is 0. The average molecular weight is 385 g/mol. The van der Waals surface area contributed by atoms with E-state index in [1.165, 1.54) is 11.8 Å². The third-order valence-corrected chi connectivity index (χ3v) is 5.44. The van der Waals surface area contributed by atoms with Crippen molar-refractivity contribution in [1.82, 2.24) is 4.98 Å². The maximum absolute atomic E-state index is 12.0. The molecule has 0 unspecified atom stereocenters. The van der Waals surface area contributed by atoms with E-state index in [-0.39, 0.29) is 11.3 Å². The van der Waals surface area contributed by atoms with Gasteiger partial charge in [0.2, 0.25) is 5.91 Å². The summed E-state index contributed by atoms with van der Waals surface area (Å²) in [5, 5.41) is 4.95. The molecule has 0 aliphatic heterocycles. The van der Waals surface area contributed by atoms with Gasteiger partial charge in [0.25, 0.3) is 0 Å². The summed E-state index contributed by atoms with van der Waals surface area (Å²) in [5.41, 5.74) is 1.91. The number of nitrogens with one attached hydrogen (secondary N) is 1. The Morgan fingerprint density at radius 1 is 1.38 bits per heavy atom. The van der Waals surface area contributed by atoms with Crippen molar-refractivity contribution in [2.24, 2.45) is 0 Å². The molecule has 0 aliphatic carbocycles. The third kappa shape index (κ3) is 4.83. The maximum atomic E-state index is 12.0. The molecule has 1 aromatic carbocycles. The maximum Gasteiger partial charge on any atom is 0.234 e. The molecular formula is C15H17BrN2OS2. The lowest BCUT2D eigenvalue weighted by Gasteiger charge is -2.14. The molecule has 0 radical (unpaired) electrons. The van der Waals surface area contributed by atoms with E-state index < -0.39 is 0 Å². The van der Waals surface area contributed by atoms with Crippen molar-refractivity contribution >= 4 is 50.6 Å². The summed E-state index contributed by atoms with van der Waals surface area (Å²) >= 11 is 6.48. The molecule has 3 nitrogen and oxygen atoms in total. The number of halogens is 1. The van der Waals surface area contributed by atoms with E-state index in [1.54, 1.807) is 11.3 Å². The summed E-state index contributed by atoms with van der Waals surface area (Å²) < 4.78 is 1.81. The van der Waals surface area contributed by atoms with Gasteiger partial charge in [0.1, 0.15) is 0 Å². The molecule has 1 N–H and O–H groups in total. The van der Waals surface area contributed by atoms with Gasteiger partial charge < -0.3 is 5.32 Å². The molecule has 6 heteroatoms. The lowest BCUT2D eigenvalue weighted by atomic mass is 9.93. The zero-order valence-corrected chi connectivity index (χ0v) is 15.4. The fourth-order valence-corrected chi connectivity index (χ4v) is 3.78. The van der Waals surface area contributed by atoms with Gasteiger partial charge in [0.15, 0.2) is 4.34 Å². The molecule has 0 fully saturated rings. The van der Waals surface area contributed by atoms with Crippen molar-refractivity contribution in [2.45, 2.75) is 30.5 Å². The van der Waals surface area contributed by atoms with E-state index in [1.807, 2.05) is 24.3 Å². The predicted octanol–water partition coefficient (Wildman–Crippen LogP) is 4.93. The lowest BCUT2D eigenvalue weighted by molar-refractivity contribution is -0.113. The smallest absolute Gasteiger partial charge is 0.234 e. The van der Waals surface area contributed by atoms with E-state index in [2.05, 4.69) is 52.4 Å². The monoisotopic (exact) mass is 384 g/mol. The van der Waals surface area contributed by atoms with Crippen LogP contribution in [0.4, 0.5) is 5.69 Å². The molecule has 0 aliphatic rings. The number of rotatable bonds is 4. The Labute approximate surface area is 141 Å². The van der Waals surface area contributed by atoms with Crippen molar-refractivity contribution in [3.05, 3.63) is 39.8 Å². The molecule has 0 atom stereocenters. The molecule has 0 spiro atoms. The largest absolute Gasteiger partial charge is 0.324 e. The Bertz CT molecular complexity index is 635. The van der Waals surface area contributed by atoms with Crippen LogP contribution in [-0.4, -0.2) is 16.6 Å². The first-order valence-corrected chi connectivity index (χ1v) is 9.15. The minimum absolute atomic E-state index is 0.0283. The van der Waals surface area contributed by atoms with Gasteiger partial charge in [-0.3, -0.25) is 4.79 Å². The summed E-state index contributed by atoms with van der Waals surface area (Å²) in [6, 6.07) is 7.58. The van der Waals surface area contributed by atoms with Crippen LogP contribution >= 0.6 is 39.0 Å². The number of hydrogen-bond acceptors (Lipinski definition) is 4. The highest BCUT2D eigenvalue weighted by Gasteiger charge is 2.18. The number of amides is 1. The number of anilines is 1. The van der Waals surface area contributed by atoms with E-state index >= 15 is 0 Å². The van der Waals surface area contributed by atoms with Crippen molar-refractivity contribution in [1.29, 1.82) is 0 Å². The zero-order valence-electron chi connectivity index (χ0n) is 12.1. The quantitative estimate of drug-likeness (QED) is 0.759. The average Bonchev–Trinajstić information content (AvgIpc) is 2.88. The number of carbonyl (C=O) groups excluding carboxylic acids is 1. The standard InChI is InChI=1S/C15H17BrN2OS2/c1-15(2,3)12-8-20-14(18-12)21-9-13(19)17-11-7-5-4-6-10(11)16/h4-8H,9H2,1-3H3,(H,17,19). The van der Waals surface area contributed by atoms with Crippen molar-refractivity contribution in [2.75, 3.05) is 11.1 Å². The Morgan fingerprint density at radius 3 is 2.71 bits per heavy atom. The Kier molecular flexibility index (Phi) is 5.46. The fourth-order valence-electron chi connectivity index (χ4n) is 1.54. The summed E-state index contributed by atoms with van der Waals surface area (Å²) in [4.78, 5) is 16.5. The molecule has 1 aromatic heterocycles. The van der Waals surface area contributed by atoms with Crippen LogP contribution in [0.3, 0.4) is 0 Å². The Balaban J connectivity index is 1.90. The molecule has 0 bridgehead atoms. The Morgan fingerprint density at radius 2 is 2.10 bits per heavy atom. The predicted molar refractivity (Wildman–Crippen MR) is 94.3 cm³/mol. The summed E-state index contributed by atoms with van der Waals surface area (Å²) in [6.45, 7) is 6.41. The Hall–Kier alpha value is -0.850. The number of thiazole rings is 1. The first-order valence-electron chi connectivity index (χ1n) is 6.49. The van der Waals surface area contributed by atoms with Gasteiger partial charge in [-0.15, -0.1) is 11.3 Å². The molecule has 21 heavy (non-hydrogen) atoms. The molecule has 1 heterocycles. The van der Waals surface area contributed by atoms with Gasteiger partial charge in [-0.2, -0.15) is 0 Å². The molecule has 112 valence electrons. The molecule has 0 saturated heterocycles. The normalized spacial score (nSPS) is 11.4. The van der Waals surface area contributed by atoms with Gasteiger partial charge in [-0.1, -0.05) is 44.7 Å². The summed E-state index contributed by atoms with van der Waals surface area (Å²) in [5.74, 6) is 0.331. The van der Waals surface area contributed by atoms with Crippen LogP contribution in [0.5, 0.6) is 0 Å². The van der Waals surface area contributed by atoms with Crippen LogP contribution < -0.4 is 5.32 Å². The first kappa shape index (κ1) is 16.5. The van der Waals surface area contributed by atoms with Crippen molar-refractivity contribution in [3.63, 3.8) is 0 Å². The summed E-state index contributed by atoms with van der Waals surface area (Å²) in [7, 11) is 0. The minimum atomic E-state index is -0.0283. The number of para-hydroxylation sites is 1. The highest BCUT2D eigenvalue weighted by Crippen LogP contribution is 2.29. The molecule has 0 saturated carbocycles. The van der Waals surface area contributed by atoms with Gasteiger partial charge >= 0.3 is 0 Å². The van der Waals surface area contributed by atoms with E-state index in [4.69, 9.17) is 0 Å². The number of carbonyl (C=O) groups is 1. The molecule has 2 aromatic rings. The highest BCUT2D eigenvalue weighted by atomic mass is 79.9. The molecular weight excluding hydrogens is 368 g/mol. The van der Waals surface area contributed by atoms with Crippen molar-refractivity contribution in [3.8, 4) is 0 Å². The molecule has 2 rings (SSSR count). The van der Waals surface area contributed by atoms with Crippen LogP contribution in [0.15, 0.2) is 38.5 Å². The van der Waals surface area contributed by atoms with Crippen LogP contribution in [-0.2, 0) is 10.2 Å². The number of thioether (sulfide) groups is 1. The van der Waals surface area contributed by atoms with Gasteiger partial charge in [-0.25, -0.2) is 4.98 Å². The number of nitrogens with zero attached hydrogens (tertiary/aromatic N) is 1. The second kappa shape index (κ2) is 6.94. The number of hydrogen-bond donors (Lipinski definition) is 1. The van der Waals surface area contributed by atoms with Gasteiger partial charge in [-0.05, 0) is 28.1 Å². The van der Waals surface area contributed by atoms with Crippen LogP contribution in [0.25, 0.3) is 0 Å². The number of aromatic nitrogens is 1. The fraction of sp³-hybridized carbons (Fsp3) is 0.333.